The van der Waals surface area contributed by atoms with E-state index < -0.39 is 38.8 Å². The molecule has 0 aliphatic carbocycles. The van der Waals surface area contributed by atoms with Gasteiger partial charge in [-0.05, 0) is 26.3 Å². The van der Waals surface area contributed by atoms with Crippen LogP contribution >= 0.6 is 11.6 Å². The predicted molar refractivity (Wildman–Crippen MR) is 97.4 cm³/mol. The second-order valence-electron chi connectivity index (χ2n) is 6.15. The summed E-state index contributed by atoms with van der Waals surface area (Å²) in [5, 5.41) is 10.6. The number of nitro benzene ring substituents is 1. The molecular formula is C16H19ClN2O7S. The Morgan fingerprint density at radius 3 is 2.59 bits per heavy atom. The molecule has 0 aromatic heterocycles. The van der Waals surface area contributed by atoms with E-state index in [4.69, 9.17) is 16.3 Å². The summed E-state index contributed by atoms with van der Waals surface area (Å²) in [6, 6.07) is 2.83. The number of hydrogen-bond donors (Lipinski definition) is 0. The van der Waals surface area contributed by atoms with Crippen molar-refractivity contribution >= 4 is 39.0 Å². The number of non-ortho nitro benzene ring substituents is 1. The molecule has 148 valence electrons. The third-order valence-corrected chi connectivity index (χ3v) is 6.35. The number of nitrogens with zero attached hydrogens (tertiary/aromatic N) is 2. The first-order valence-corrected chi connectivity index (χ1v) is 10.4. The molecule has 2 rings (SSSR count). The molecule has 1 amide bonds. The number of halogens is 1. The van der Waals surface area contributed by atoms with Gasteiger partial charge in [-0.3, -0.25) is 14.9 Å². The summed E-state index contributed by atoms with van der Waals surface area (Å²) in [6.45, 7) is 3.37. The first-order chi connectivity index (χ1) is 12.6. The lowest BCUT2D eigenvalue weighted by Crippen LogP contribution is -2.46. The van der Waals surface area contributed by atoms with Crippen molar-refractivity contribution in [3.63, 3.8) is 0 Å². The van der Waals surface area contributed by atoms with E-state index in [-0.39, 0.29) is 34.3 Å². The van der Waals surface area contributed by atoms with Gasteiger partial charge in [0, 0.05) is 24.7 Å². The van der Waals surface area contributed by atoms with Gasteiger partial charge < -0.3 is 9.64 Å². The van der Waals surface area contributed by atoms with Crippen molar-refractivity contribution in [3.8, 4) is 0 Å². The van der Waals surface area contributed by atoms with Crippen molar-refractivity contribution in [2.75, 3.05) is 18.1 Å². The number of likely N-dealkylation sites (N-methyl/N-ethyl adjacent to an activating group) is 1. The standard InChI is InChI=1S/C16H19ClN2O7S/c1-3-18(12-6-7-27(24,25)9-12)15(20)10(2)26-16(21)13-5-4-11(19(22)23)8-14(13)17/h4-5,8,10,12H,3,6-7,9H2,1-2H3. The minimum atomic E-state index is -3.17. The van der Waals surface area contributed by atoms with Crippen molar-refractivity contribution in [1.82, 2.24) is 4.90 Å². The van der Waals surface area contributed by atoms with Gasteiger partial charge in [0.25, 0.3) is 11.6 Å². The lowest BCUT2D eigenvalue weighted by Gasteiger charge is -2.29. The summed E-state index contributed by atoms with van der Waals surface area (Å²) >= 11 is 5.89. The first kappa shape index (κ1) is 21.1. The average Bonchev–Trinajstić information content (AvgIpc) is 2.94. The molecule has 2 atom stereocenters. The van der Waals surface area contributed by atoms with Gasteiger partial charge in [-0.25, -0.2) is 13.2 Å². The summed E-state index contributed by atoms with van der Waals surface area (Å²) in [7, 11) is -3.17. The fourth-order valence-electron chi connectivity index (χ4n) is 2.91. The number of rotatable bonds is 6. The van der Waals surface area contributed by atoms with Gasteiger partial charge in [-0.2, -0.15) is 0 Å². The highest BCUT2D eigenvalue weighted by molar-refractivity contribution is 7.91. The van der Waals surface area contributed by atoms with E-state index in [1.54, 1.807) is 6.92 Å². The van der Waals surface area contributed by atoms with E-state index >= 15 is 0 Å². The molecule has 1 heterocycles. The zero-order valence-electron chi connectivity index (χ0n) is 14.8. The van der Waals surface area contributed by atoms with Crippen molar-refractivity contribution in [3.05, 3.63) is 38.9 Å². The number of ether oxygens (including phenoxy) is 1. The van der Waals surface area contributed by atoms with Crippen LogP contribution in [0.25, 0.3) is 0 Å². The molecule has 1 saturated heterocycles. The normalized spacial score (nSPS) is 19.3. The number of hydrogen-bond acceptors (Lipinski definition) is 7. The van der Waals surface area contributed by atoms with Crippen molar-refractivity contribution in [2.24, 2.45) is 0 Å². The summed E-state index contributed by atoms with van der Waals surface area (Å²) in [6.07, 6.45) is -0.816. The van der Waals surface area contributed by atoms with Crippen LogP contribution in [-0.2, 0) is 19.4 Å². The predicted octanol–water partition coefficient (Wildman–Crippen LogP) is 1.83. The van der Waals surface area contributed by atoms with Crippen molar-refractivity contribution < 1.29 is 27.7 Å². The van der Waals surface area contributed by atoms with Crippen LogP contribution in [0.2, 0.25) is 5.02 Å². The molecule has 0 spiro atoms. The van der Waals surface area contributed by atoms with E-state index in [9.17, 15) is 28.1 Å². The molecule has 0 radical (unpaired) electrons. The Labute approximate surface area is 161 Å². The fraction of sp³-hybridized carbons (Fsp3) is 0.500. The molecular weight excluding hydrogens is 400 g/mol. The molecule has 2 unspecified atom stereocenters. The van der Waals surface area contributed by atoms with Crippen LogP contribution in [0.3, 0.4) is 0 Å². The Hall–Kier alpha value is -2.20. The number of carbonyl (C=O) groups is 2. The largest absolute Gasteiger partial charge is 0.449 e. The van der Waals surface area contributed by atoms with Gasteiger partial charge in [-0.1, -0.05) is 11.6 Å². The SMILES string of the molecule is CCN(C(=O)C(C)OC(=O)c1ccc([N+](=O)[O-])cc1Cl)C1CCS(=O)(=O)C1. The van der Waals surface area contributed by atoms with Crippen molar-refractivity contribution in [2.45, 2.75) is 32.4 Å². The lowest BCUT2D eigenvalue weighted by molar-refractivity contribution is -0.384. The Morgan fingerprint density at radius 1 is 1.44 bits per heavy atom. The Kier molecular flexibility index (Phi) is 6.42. The van der Waals surface area contributed by atoms with Gasteiger partial charge in [0.05, 0.1) is 27.0 Å². The Morgan fingerprint density at radius 2 is 2.11 bits per heavy atom. The maximum absolute atomic E-state index is 12.6. The number of esters is 1. The summed E-state index contributed by atoms with van der Waals surface area (Å²) in [5.74, 6) is -1.49. The van der Waals surface area contributed by atoms with E-state index in [2.05, 4.69) is 0 Å². The van der Waals surface area contributed by atoms with Gasteiger partial charge in [0.2, 0.25) is 0 Å². The third kappa shape index (κ3) is 4.95. The smallest absolute Gasteiger partial charge is 0.340 e. The minimum Gasteiger partial charge on any atom is -0.449 e. The van der Waals surface area contributed by atoms with E-state index in [1.165, 1.54) is 11.8 Å². The van der Waals surface area contributed by atoms with Gasteiger partial charge >= 0.3 is 5.97 Å². The highest BCUT2D eigenvalue weighted by atomic mass is 35.5. The zero-order valence-corrected chi connectivity index (χ0v) is 16.3. The zero-order chi connectivity index (χ0) is 20.4. The topological polar surface area (TPSA) is 124 Å². The van der Waals surface area contributed by atoms with Crippen LogP contribution in [0.5, 0.6) is 0 Å². The second kappa shape index (κ2) is 8.22. The fourth-order valence-corrected chi connectivity index (χ4v) is 4.89. The molecule has 1 aliphatic heterocycles. The molecule has 0 bridgehead atoms. The number of benzene rings is 1. The maximum atomic E-state index is 12.6. The van der Waals surface area contributed by atoms with Crippen LogP contribution in [-0.4, -0.2) is 60.3 Å². The number of nitro groups is 1. The Balaban J connectivity index is 2.09. The maximum Gasteiger partial charge on any atom is 0.340 e. The molecule has 0 saturated carbocycles. The molecule has 11 heteroatoms. The van der Waals surface area contributed by atoms with E-state index in [1.807, 2.05) is 0 Å². The van der Waals surface area contributed by atoms with Gasteiger partial charge in [0.1, 0.15) is 0 Å². The average molecular weight is 419 g/mol. The molecule has 0 N–H and O–H groups in total. The lowest BCUT2D eigenvalue weighted by atomic mass is 10.2. The summed E-state index contributed by atoms with van der Waals surface area (Å²) in [4.78, 5) is 36.3. The minimum absolute atomic E-state index is 0.0218. The molecule has 1 aromatic rings. The molecule has 1 fully saturated rings. The quantitative estimate of drug-likeness (QED) is 0.392. The number of carbonyl (C=O) groups excluding carboxylic acids is 2. The van der Waals surface area contributed by atoms with Gasteiger partial charge in [-0.15, -0.1) is 0 Å². The number of amides is 1. The van der Waals surface area contributed by atoms with E-state index in [0.717, 1.165) is 18.2 Å². The van der Waals surface area contributed by atoms with Gasteiger partial charge in [0.15, 0.2) is 15.9 Å². The van der Waals surface area contributed by atoms with E-state index in [0.29, 0.717) is 6.42 Å². The highest BCUT2D eigenvalue weighted by Gasteiger charge is 2.36. The van der Waals surface area contributed by atoms with Crippen LogP contribution in [0.4, 0.5) is 5.69 Å². The van der Waals surface area contributed by atoms with Crippen LogP contribution in [0.1, 0.15) is 30.6 Å². The van der Waals surface area contributed by atoms with Crippen molar-refractivity contribution in [1.29, 1.82) is 0 Å². The monoisotopic (exact) mass is 418 g/mol. The molecule has 1 aromatic carbocycles. The van der Waals surface area contributed by atoms with Crippen LogP contribution < -0.4 is 0 Å². The summed E-state index contributed by atoms with van der Waals surface area (Å²) in [5.41, 5.74) is -0.381. The molecule has 27 heavy (non-hydrogen) atoms. The van der Waals surface area contributed by atoms with Crippen LogP contribution in [0.15, 0.2) is 18.2 Å². The summed E-state index contributed by atoms with van der Waals surface area (Å²) < 4.78 is 28.4. The Bertz CT molecular complexity index is 872. The highest BCUT2D eigenvalue weighted by Crippen LogP contribution is 2.24. The first-order valence-electron chi connectivity index (χ1n) is 8.21. The molecule has 1 aliphatic rings. The molecule has 9 nitrogen and oxygen atoms in total. The third-order valence-electron chi connectivity index (χ3n) is 4.29. The second-order valence-corrected chi connectivity index (χ2v) is 8.79. The van der Waals surface area contributed by atoms with Crippen LogP contribution in [0, 0.1) is 10.1 Å². The number of sulfone groups is 1.